The van der Waals surface area contributed by atoms with E-state index in [4.69, 9.17) is 10.8 Å². The summed E-state index contributed by atoms with van der Waals surface area (Å²) < 4.78 is 25.7. The molecule has 0 spiro atoms. The SMILES string of the molecule is CCCN(CCO)S(=O)(=O)CCSc1ccccc1N. The van der Waals surface area contributed by atoms with Gasteiger partial charge in [-0.3, -0.25) is 0 Å². The third-order valence-electron chi connectivity index (χ3n) is 2.73. The zero-order valence-corrected chi connectivity index (χ0v) is 13.3. The highest BCUT2D eigenvalue weighted by atomic mass is 32.2. The van der Waals surface area contributed by atoms with Crippen molar-refractivity contribution in [2.45, 2.75) is 18.2 Å². The quantitative estimate of drug-likeness (QED) is 0.531. The van der Waals surface area contributed by atoms with Gasteiger partial charge in [-0.1, -0.05) is 19.1 Å². The molecule has 0 saturated carbocycles. The van der Waals surface area contributed by atoms with E-state index >= 15 is 0 Å². The normalized spacial score (nSPS) is 11.9. The summed E-state index contributed by atoms with van der Waals surface area (Å²) >= 11 is 1.43. The summed E-state index contributed by atoms with van der Waals surface area (Å²) in [5.74, 6) is 0.494. The minimum absolute atomic E-state index is 0.0476. The van der Waals surface area contributed by atoms with Gasteiger partial charge in [-0.2, -0.15) is 4.31 Å². The number of benzene rings is 1. The van der Waals surface area contributed by atoms with E-state index in [2.05, 4.69) is 0 Å². The number of hydrogen-bond acceptors (Lipinski definition) is 5. The van der Waals surface area contributed by atoms with Gasteiger partial charge in [0.05, 0.1) is 12.4 Å². The largest absolute Gasteiger partial charge is 0.398 e. The van der Waals surface area contributed by atoms with E-state index < -0.39 is 10.0 Å². The first-order valence-corrected chi connectivity index (χ1v) is 9.16. The predicted octanol–water partition coefficient (Wildman–Crippen LogP) is 1.40. The van der Waals surface area contributed by atoms with Crippen molar-refractivity contribution in [3.05, 3.63) is 24.3 Å². The van der Waals surface area contributed by atoms with Gasteiger partial charge in [0.2, 0.25) is 10.0 Å². The van der Waals surface area contributed by atoms with Crippen LogP contribution in [0.25, 0.3) is 0 Å². The van der Waals surface area contributed by atoms with Crippen LogP contribution in [0.1, 0.15) is 13.3 Å². The molecule has 0 radical (unpaired) electrons. The maximum absolute atomic E-state index is 12.2. The van der Waals surface area contributed by atoms with Crippen LogP contribution in [0, 0.1) is 0 Å². The number of sulfonamides is 1. The maximum atomic E-state index is 12.2. The van der Waals surface area contributed by atoms with E-state index in [1.807, 2.05) is 25.1 Å². The van der Waals surface area contributed by atoms with E-state index in [1.54, 1.807) is 6.07 Å². The van der Waals surface area contributed by atoms with Crippen molar-refractivity contribution in [1.29, 1.82) is 0 Å². The number of aliphatic hydroxyl groups excluding tert-OH is 1. The molecule has 0 atom stereocenters. The molecule has 0 aromatic heterocycles. The zero-order valence-electron chi connectivity index (χ0n) is 11.7. The third kappa shape index (κ3) is 5.32. The molecule has 1 aromatic carbocycles. The van der Waals surface area contributed by atoms with Crippen LogP contribution in [-0.2, 0) is 10.0 Å². The van der Waals surface area contributed by atoms with E-state index in [0.717, 1.165) is 11.3 Å². The van der Waals surface area contributed by atoms with Crippen molar-refractivity contribution >= 4 is 27.5 Å². The van der Waals surface area contributed by atoms with Crippen molar-refractivity contribution in [1.82, 2.24) is 4.31 Å². The minimum atomic E-state index is -3.32. The van der Waals surface area contributed by atoms with E-state index in [9.17, 15) is 8.42 Å². The van der Waals surface area contributed by atoms with Gasteiger partial charge in [0.15, 0.2) is 0 Å². The van der Waals surface area contributed by atoms with Crippen molar-refractivity contribution in [3.63, 3.8) is 0 Å². The molecule has 114 valence electrons. The van der Waals surface area contributed by atoms with Crippen LogP contribution in [0.4, 0.5) is 5.69 Å². The van der Waals surface area contributed by atoms with Gasteiger partial charge < -0.3 is 10.8 Å². The Labute approximate surface area is 125 Å². The Morgan fingerprint density at radius 3 is 2.60 bits per heavy atom. The van der Waals surface area contributed by atoms with Gasteiger partial charge in [-0.15, -0.1) is 11.8 Å². The number of para-hydroxylation sites is 1. The van der Waals surface area contributed by atoms with Crippen LogP contribution in [-0.4, -0.2) is 49.0 Å². The summed E-state index contributed by atoms with van der Waals surface area (Å²) in [5.41, 5.74) is 6.47. The lowest BCUT2D eigenvalue weighted by atomic mass is 10.3. The zero-order chi connectivity index (χ0) is 15.0. The molecule has 3 N–H and O–H groups in total. The Kier molecular flexibility index (Phi) is 7.36. The predicted molar refractivity (Wildman–Crippen MR) is 84.3 cm³/mol. The Balaban J connectivity index is 2.56. The van der Waals surface area contributed by atoms with Crippen LogP contribution >= 0.6 is 11.8 Å². The average Bonchev–Trinajstić information content (AvgIpc) is 2.40. The van der Waals surface area contributed by atoms with Crippen molar-refractivity contribution < 1.29 is 13.5 Å². The van der Waals surface area contributed by atoms with Gasteiger partial charge in [0.1, 0.15) is 0 Å². The highest BCUT2D eigenvalue weighted by Crippen LogP contribution is 2.24. The molecule has 5 nitrogen and oxygen atoms in total. The number of nitrogens with two attached hydrogens (primary N) is 1. The number of rotatable bonds is 9. The molecule has 0 bridgehead atoms. The number of hydrogen-bond donors (Lipinski definition) is 2. The average molecular weight is 318 g/mol. The lowest BCUT2D eigenvalue weighted by Crippen LogP contribution is -2.36. The first kappa shape index (κ1) is 17.3. The summed E-state index contributed by atoms with van der Waals surface area (Å²) in [7, 11) is -3.32. The van der Waals surface area contributed by atoms with Crippen LogP contribution in [0.15, 0.2) is 29.2 Å². The molecular weight excluding hydrogens is 296 g/mol. The third-order valence-corrected chi connectivity index (χ3v) is 5.96. The lowest BCUT2D eigenvalue weighted by Gasteiger charge is -2.20. The Morgan fingerprint density at radius 2 is 2.00 bits per heavy atom. The highest BCUT2D eigenvalue weighted by molar-refractivity contribution is 8.00. The maximum Gasteiger partial charge on any atom is 0.215 e. The number of aliphatic hydroxyl groups is 1. The molecule has 1 aromatic rings. The fourth-order valence-electron chi connectivity index (χ4n) is 1.75. The summed E-state index contributed by atoms with van der Waals surface area (Å²) in [6.45, 7) is 2.37. The number of thioether (sulfide) groups is 1. The lowest BCUT2D eigenvalue weighted by molar-refractivity contribution is 0.254. The van der Waals surface area contributed by atoms with Crippen LogP contribution in [0.3, 0.4) is 0 Å². The number of nitrogens with zero attached hydrogens (tertiary/aromatic N) is 1. The molecule has 0 heterocycles. The van der Waals surface area contributed by atoms with Crippen LogP contribution in [0.5, 0.6) is 0 Å². The van der Waals surface area contributed by atoms with E-state index in [1.165, 1.54) is 16.1 Å². The fourth-order valence-corrected chi connectivity index (χ4v) is 4.63. The molecule has 0 aliphatic carbocycles. The Bertz CT molecular complexity index is 500. The molecule has 0 amide bonds. The Morgan fingerprint density at radius 1 is 1.30 bits per heavy atom. The molecule has 0 aliphatic heterocycles. The van der Waals surface area contributed by atoms with Crippen molar-refractivity contribution in [3.8, 4) is 0 Å². The van der Waals surface area contributed by atoms with Crippen molar-refractivity contribution in [2.24, 2.45) is 0 Å². The highest BCUT2D eigenvalue weighted by Gasteiger charge is 2.20. The van der Waals surface area contributed by atoms with E-state index in [0.29, 0.717) is 18.0 Å². The molecular formula is C13H22N2O3S2. The monoisotopic (exact) mass is 318 g/mol. The molecule has 0 saturated heterocycles. The topological polar surface area (TPSA) is 83.6 Å². The fraction of sp³-hybridized carbons (Fsp3) is 0.538. The molecule has 0 unspecified atom stereocenters. The molecule has 7 heteroatoms. The van der Waals surface area contributed by atoms with Crippen LogP contribution in [0.2, 0.25) is 0 Å². The van der Waals surface area contributed by atoms with Gasteiger partial charge in [0, 0.05) is 29.4 Å². The van der Waals surface area contributed by atoms with E-state index in [-0.39, 0.29) is 18.9 Å². The van der Waals surface area contributed by atoms with Gasteiger partial charge >= 0.3 is 0 Å². The number of nitrogen functional groups attached to an aromatic ring is 1. The first-order chi connectivity index (χ1) is 9.51. The molecule has 0 fully saturated rings. The minimum Gasteiger partial charge on any atom is -0.398 e. The molecule has 1 rings (SSSR count). The first-order valence-electron chi connectivity index (χ1n) is 6.57. The van der Waals surface area contributed by atoms with Crippen molar-refractivity contribution in [2.75, 3.05) is 36.9 Å². The second-order valence-corrected chi connectivity index (χ2v) is 7.55. The molecule has 20 heavy (non-hydrogen) atoms. The summed E-state index contributed by atoms with van der Waals surface area (Å²) in [4.78, 5) is 0.895. The summed E-state index contributed by atoms with van der Waals surface area (Å²) in [5, 5.41) is 8.94. The Hall–Kier alpha value is -0.760. The van der Waals surface area contributed by atoms with Gasteiger partial charge in [0.25, 0.3) is 0 Å². The van der Waals surface area contributed by atoms with Gasteiger partial charge in [-0.05, 0) is 18.6 Å². The standard InChI is InChI=1S/C13H22N2O3S2/c1-2-7-15(8-9-16)20(17,18)11-10-19-13-6-4-3-5-12(13)14/h3-6,16H,2,7-11,14H2,1H3. The van der Waals surface area contributed by atoms with Crippen LogP contribution < -0.4 is 5.73 Å². The smallest absolute Gasteiger partial charge is 0.215 e. The number of anilines is 1. The molecule has 0 aliphatic rings. The second kappa shape index (κ2) is 8.51. The second-order valence-electron chi connectivity index (χ2n) is 4.32. The summed E-state index contributed by atoms with van der Waals surface area (Å²) in [6.07, 6.45) is 0.734. The van der Waals surface area contributed by atoms with Gasteiger partial charge in [-0.25, -0.2) is 8.42 Å². The summed E-state index contributed by atoms with van der Waals surface area (Å²) in [6, 6.07) is 7.40.